The molecular formula is C18H24F3N3O4. The van der Waals surface area contributed by atoms with E-state index < -0.39 is 34.0 Å². The number of ether oxygens (including phenoxy) is 1. The summed E-state index contributed by atoms with van der Waals surface area (Å²) in [5.74, 6) is 0. The molecule has 28 heavy (non-hydrogen) atoms. The Morgan fingerprint density at radius 3 is 2.50 bits per heavy atom. The van der Waals surface area contributed by atoms with Gasteiger partial charge in [0.05, 0.1) is 16.5 Å². The third-order valence-electron chi connectivity index (χ3n) is 4.47. The van der Waals surface area contributed by atoms with Crippen molar-refractivity contribution in [1.29, 1.82) is 0 Å². The SMILES string of the molecule is CN(C(=O)OC(C)(C)C)[C@H]1CCCN(c2ccc(C(F)(F)F)cc2[N+](=O)[O-])C1. The molecule has 1 aliphatic rings. The van der Waals surface area contributed by atoms with Gasteiger partial charge in [0.15, 0.2) is 0 Å². The number of nitro benzene ring substituents is 1. The first-order chi connectivity index (χ1) is 12.8. The van der Waals surface area contributed by atoms with Gasteiger partial charge in [-0.2, -0.15) is 13.2 Å². The maximum atomic E-state index is 12.9. The molecule has 1 amide bonds. The highest BCUT2D eigenvalue weighted by Crippen LogP contribution is 2.37. The molecular weight excluding hydrogens is 379 g/mol. The number of nitro groups is 1. The quantitative estimate of drug-likeness (QED) is 0.551. The number of alkyl halides is 3. The first-order valence-electron chi connectivity index (χ1n) is 8.86. The van der Waals surface area contributed by atoms with Crippen molar-refractivity contribution >= 4 is 17.5 Å². The lowest BCUT2D eigenvalue weighted by atomic mass is 10.0. The van der Waals surface area contributed by atoms with Crippen LogP contribution >= 0.6 is 0 Å². The average molecular weight is 403 g/mol. The maximum Gasteiger partial charge on any atom is 0.416 e. The molecule has 0 spiro atoms. The normalized spacial score (nSPS) is 18.0. The fourth-order valence-corrected chi connectivity index (χ4v) is 3.09. The summed E-state index contributed by atoms with van der Waals surface area (Å²) in [4.78, 5) is 25.9. The standard InChI is InChI=1S/C18H24F3N3O4/c1-17(2,3)28-16(25)22(4)13-6-5-9-23(11-13)14-8-7-12(18(19,20)21)10-15(14)24(26)27/h7-8,10,13H,5-6,9,11H2,1-4H3/t13-/m0/s1. The van der Waals surface area contributed by atoms with Crippen LogP contribution in [0.25, 0.3) is 0 Å². The smallest absolute Gasteiger partial charge is 0.416 e. The van der Waals surface area contributed by atoms with Gasteiger partial charge in [0.2, 0.25) is 0 Å². The van der Waals surface area contributed by atoms with Gasteiger partial charge in [-0.05, 0) is 45.7 Å². The number of carbonyl (C=O) groups excluding carboxylic acids is 1. The minimum absolute atomic E-state index is 0.111. The number of carbonyl (C=O) groups is 1. The van der Waals surface area contributed by atoms with Crippen LogP contribution in [-0.2, 0) is 10.9 Å². The zero-order chi connectivity index (χ0) is 21.3. The van der Waals surface area contributed by atoms with Crippen LogP contribution in [0.1, 0.15) is 39.2 Å². The van der Waals surface area contributed by atoms with Crippen LogP contribution < -0.4 is 4.90 Å². The van der Waals surface area contributed by atoms with Gasteiger partial charge >= 0.3 is 12.3 Å². The van der Waals surface area contributed by atoms with Gasteiger partial charge in [0.1, 0.15) is 11.3 Å². The van der Waals surface area contributed by atoms with E-state index in [0.717, 1.165) is 12.1 Å². The van der Waals surface area contributed by atoms with E-state index in [0.29, 0.717) is 25.5 Å². The first-order valence-corrected chi connectivity index (χ1v) is 8.86. The molecule has 1 atom stereocenters. The van der Waals surface area contributed by atoms with Crippen molar-refractivity contribution in [2.45, 2.75) is 51.4 Å². The molecule has 1 aromatic rings. The fourth-order valence-electron chi connectivity index (χ4n) is 3.09. The molecule has 156 valence electrons. The van der Waals surface area contributed by atoms with Gasteiger partial charge < -0.3 is 14.5 Å². The number of halogens is 3. The summed E-state index contributed by atoms with van der Waals surface area (Å²) in [6.45, 7) is 5.96. The topological polar surface area (TPSA) is 75.9 Å². The number of piperidine rings is 1. The Morgan fingerprint density at radius 1 is 1.32 bits per heavy atom. The van der Waals surface area contributed by atoms with E-state index in [1.54, 1.807) is 32.7 Å². The molecule has 0 N–H and O–H groups in total. The lowest BCUT2D eigenvalue weighted by Gasteiger charge is -2.38. The third-order valence-corrected chi connectivity index (χ3v) is 4.47. The van der Waals surface area contributed by atoms with Gasteiger partial charge in [-0.3, -0.25) is 10.1 Å². The molecule has 0 radical (unpaired) electrons. The Bertz CT molecular complexity index is 747. The second kappa shape index (κ2) is 7.84. The fraction of sp³-hybridized carbons (Fsp3) is 0.611. The van der Waals surface area contributed by atoms with Crippen LogP contribution in [-0.4, -0.2) is 47.7 Å². The van der Waals surface area contributed by atoms with Gasteiger partial charge in [0.25, 0.3) is 5.69 Å². The Morgan fingerprint density at radius 2 is 1.96 bits per heavy atom. The highest BCUT2D eigenvalue weighted by molar-refractivity contribution is 5.69. The van der Waals surface area contributed by atoms with Gasteiger partial charge in [0, 0.05) is 26.2 Å². The molecule has 1 saturated heterocycles. The molecule has 1 fully saturated rings. The summed E-state index contributed by atoms with van der Waals surface area (Å²) in [5, 5.41) is 11.4. The molecule has 0 aliphatic carbocycles. The van der Waals surface area contributed by atoms with Gasteiger partial charge in [-0.1, -0.05) is 0 Å². The van der Waals surface area contributed by atoms with E-state index >= 15 is 0 Å². The van der Waals surface area contributed by atoms with Crippen LogP contribution in [0.15, 0.2) is 18.2 Å². The predicted octanol–water partition coefficient (Wildman–Crippen LogP) is 4.45. The van der Waals surface area contributed by atoms with Crippen LogP contribution in [0.5, 0.6) is 0 Å². The number of hydrogen-bond donors (Lipinski definition) is 0. The number of benzene rings is 1. The Hall–Kier alpha value is -2.52. The second-order valence-corrected chi connectivity index (χ2v) is 7.79. The van der Waals surface area contributed by atoms with Crippen LogP contribution in [0, 0.1) is 10.1 Å². The van der Waals surface area contributed by atoms with E-state index in [2.05, 4.69) is 0 Å². The van der Waals surface area contributed by atoms with Crippen molar-refractivity contribution < 1.29 is 27.6 Å². The summed E-state index contributed by atoms with van der Waals surface area (Å²) in [5.41, 5.74) is -2.22. The summed E-state index contributed by atoms with van der Waals surface area (Å²) < 4.78 is 44.1. The monoisotopic (exact) mass is 403 g/mol. The molecule has 2 rings (SSSR count). The van der Waals surface area contributed by atoms with Gasteiger partial charge in [-0.25, -0.2) is 4.79 Å². The molecule has 10 heteroatoms. The van der Waals surface area contributed by atoms with Crippen LogP contribution in [0.3, 0.4) is 0 Å². The van der Waals surface area contributed by atoms with E-state index in [1.165, 1.54) is 4.90 Å². The number of amides is 1. The second-order valence-electron chi connectivity index (χ2n) is 7.79. The van der Waals surface area contributed by atoms with Crippen LogP contribution in [0.4, 0.5) is 29.3 Å². The Kier molecular flexibility index (Phi) is 6.10. The lowest BCUT2D eigenvalue weighted by Crippen LogP contribution is -2.50. The number of rotatable bonds is 3. The van der Waals surface area contributed by atoms with Crippen molar-refractivity contribution in [2.75, 3.05) is 25.0 Å². The van der Waals surface area contributed by atoms with E-state index in [-0.39, 0.29) is 18.3 Å². The number of nitrogens with zero attached hydrogens (tertiary/aromatic N) is 3. The molecule has 7 nitrogen and oxygen atoms in total. The van der Waals surface area contributed by atoms with Crippen molar-refractivity contribution in [2.24, 2.45) is 0 Å². The molecule has 0 unspecified atom stereocenters. The maximum absolute atomic E-state index is 12.9. The largest absolute Gasteiger partial charge is 0.444 e. The molecule has 1 heterocycles. The van der Waals surface area contributed by atoms with Crippen molar-refractivity contribution in [3.63, 3.8) is 0 Å². The minimum atomic E-state index is -4.66. The molecule has 0 aromatic heterocycles. The number of anilines is 1. The third kappa shape index (κ3) is 5.26. The zero-order valence-corrected chi connectivity index (χ0v) is 16.2. The van der Waals surface area contributed by atoms with E-state index in [4.69, 9.17) is 4.74 Å². The minimum Gasteiger partial charge on any atom is -0.444 e. The number of hydrogen-bond acceptors (Lipinski definition) is 5. The summed E-state index contributed by atoms with van der Waals surface area (Å²) in [7, 11) is 1.59. The summed E-state index contributed by atoms with van der Waals surface area (Å²) in [6, 6.07) is 2.24. The molecule has 1 aliphatic heterocycles. The predicted molar refractivity (Wildman–Crippen MR) is 97.3 cm³/mol. The zero-order valence-electron chi connectivity index (χ0n) is 16.2. The van der Waals surface area contributed by atoms with Crippen LogP contribution in [0.2, 0.25) is 0 Å². The van der Waals surface area contributed by atoms with Gasteiger partial charge in [-0.15, -0.1) is 0 Å². The first kappa shape index (κ1) is 21.8. The van der Waals surface area contributed by atoms with E-state index in [1.807, 2.05) is 0 Å². The lowest BCUT2D eigenvalue weighted by molar-refractivity contribution is -0.384. The average Bonchev–Trinajstić information content (AvgIpc) is 2.58. The van der Waals surface area contributed by atoms with E-state index in [9.17, 15) is 28.1 Å². The Balaban J connectivity index is 2.24. The number of likely N-dealkylation sites (N-methyl/N-ethyl adjacent to an activating group) is 1. The van der Waals surface area contributed by atoms with Crippen molar-refractivity contribution in [3.05, 3.63) is 33.9 Å². The molecule has 0 saturated carbocycles. The molecule has 1 aromatic carbocycles. The van der Waals surface area contributed by atoms with Crippen molar-refractivity contribution in [1.82, 2.24) is 4.90 Å². The highest BCUT2D eigenvalue weighted by atomic mass is 19.4. The highest BCUT2D eigenvalue weighted by Gasteiger charge is 2.35. The Labute approximate surface area is 161 Å². The summed E-state index contributed by atoms with van der Waals surface area (Å²) >= 11 is 0. The van der Waals surface area contributed by atoms with Crippen molar-refractivity contribution in [3.8, 4) is 0 Å². The molecule has 0 bridgehead atoms. The summed E-state index contributed by atoms with van der Waals surface area (Å²) in [6.07, 6.45) is -3.87.